The zero-order valence-corrected chi connectivity index (χ0v) is 19.0. The first-order valence-electron chi connectivity index (χ1n) is 11.3. The molecule has 0 aromatic heterocycles. The number of sulfonamides is 1. The second kappa shape index (κ2) is 10.1. The van der Waals surface area contributed by atoms with Crippen molar-refractivity contribution in [2.24, 2.45) is 5.92 Å². The van der Waals surface area contributed by atoms with E-state index < -0.39 is 15.8 Å². The number of hydrogen-bond donors (Lipinski definition) is 1. The standard InChI is InChI=1S/C24H30FN3O3S/c25-22-7-9-23(10-8-22)32(30,31)28-15-11-19(12-16-28)24(29)26-17-20-5-1-2-6-21(20)18-27-13-3-4-14-27/h1-2,5-10,19H,3-4,11-18H2,(H,26,29). The van der Waals surface area contributed by atoms with Gasteiger partial charge in [0.1, 0.15) is 5.82 Å². The number of nitrogens with zero attached hydrogens (tertiary/aromatic N) is 2. The first-order chi connectivity index (χ1) is 15.4. The van der Waals surface area contributed by atoms with Gasteiger partial charge in [-0.25, -0.2) is 12.8 Å². The summed E-state index contributed by atoms with van der Waals surface area (Å²) in [6.07, 6.45) is 3.44. The molecule has 0 saturated carbocycles. The maximum absolute atomic E-state index is 13.1. The van der Waals surface area contributed by atoms with Crippen molar-refractivity contribution in [2.75, 3.05) is 26.2 Å². The second-order valence-electron chi connectivity index (χ2n) is 8.60. The van der Waals surface area contributed by atoms with E-state index >= 15 is 0 Å². The summed E-state index contributed by atoms with van der Waals surface area (Å²) in [4.78, 5) is 15.3. The molecule has 2 aromatic carbocycles. The molecule has 2 saturated heterocycles. The summed E-state index contributed by atoms with van der Waals surface area (Å²) in [6.45, 7) is 4.20. The first kappa shape index (κ1) is 22.9. The molecule has 172 valence electrons. The largest absolute Gasteiger partial charge is 0.352 e. The number of halogens is 1. The molecule has 1 N–H and O–H groups in total. The minimum absolute atomic E-state index is 0.0280. The normalized spacial score (nSPS) is 18.7. The smallest absolute Gasteiger partial charge is 0.243 e. The van der Waals surface area contributed by atoms with Crippen molar-refractivity contribution in [3.63, 3.8) is 0 Å². The van der Waals surface area contributed by atoms with Crippen molar-refractivity contribution in [1.29, 1.82) is 0 Å². The molecular weight excluding hydrogens is 429 g/mol. The fourth-order valence-electron chi connectivity index (χ4n) is 4.51. The van der Waals surface area contributed by atoms with Gasteiger partial charge in [-0.2, -0.15) is 4.31 Å². The van der Waals surface area contributed by atoms with Gasteiger partial charge in [-0.1, -0.05) is 24.3 Å². The summed E-state index contributed by atoms with van der Waals surface area (Å²) in [5.41, 5.74) is 2.37. The minimum Gasteiger partial charge on any atom is -0.352 e. The molecule has 0 atom stereocenters. The van der Waals surface area contributed by atoms with Crippen molar-refractivity contribution in [3.05, 3.63) is 65.5 Å². The lowest BCUT2D eigenvalue weighted by Gasteiger charge is -2.30. The van der Waals surface area contributed by atoms with Crippen molar-refractivity contribution >= 4 is 15.9 Å². The number of carbonyl (C=O) groups is 1. The second-order valence-corrected chi connectivity index (χ2v) is 10.5. The van der Waals surface area contributed by atoms with Gasteiger partial charge in [0.15, 0.2) is 0 Å². The Kier molecular flexibility index (Phi) is 7.23. The van der Waals surface area contributed by atoms with Crippen molar-refractivity contribution < 1.29 is 17.6 Å². The van der Waals surface area contributed by atoms with Crippen LogP contribution in [0.1, 0.15) is 36.8 Å². The van der Waals surface area contributed by atoms with Crippen LogP contribution in [0.4, 0.5) is 4.39 Å². The van der Waals surface area contributed by atoms with Crippen LogP contribution in [0.5, 0.6) is 0 Å². The van der Waals surface area contributed by atoms with E-state index in [9.17, 15) is 17.6 Å². The van der Waals surface area contributed by atoms with Crippen molar-refractivity contribution in [1.82, 2.24) is 14.5 Å². The highest BCUT2D eigenvalue weighted by molar-refractivity contribution is 7.89. The SMILES string of the molecule is O=C(NCc1ccccc1CN1CCCC1)C1CCN(S(=O)(=O)c2ccc(F)cc2)CC1. The summed E-state index contributed by atoms with van der Waals surface area (Å²) in [7, 11) is -3.67. The summed E-state index contributed by atoms with van der Waals surface area (Å²) in [5.74, 6) is -0.707. The predicted molar refractivity (Wildman–Crippen MR) is 121 cm³/mol. The molecule has 0 unspecified atom stereocenters. The van der Waals surface area contributed by atoms with Gasteiger partial charge in [0, 0.05) is 32.1 Å². The summed E-state index contributed by atoms with van der Waals surface area (Å²) < 4.78 is 40.0. The zero-order chi connectivity index (χ0) is 22.6. The van der Waals surface area contributed by atoms with Crippen LogP contribution in [-0.4, -0.2) is 49.7 Å². The van der Waals surface area contributed by atoms with Gasteiger partial charge in [0.25, 0.3) is 0 Å². The zero-order valence-electron chi connectivity index (χ0n) is 18.2. The van der Waals surface area contributed by atoms with Crippen molar-refractivity contribution in [2.45, 2.75) is 43.7 Å². The predicted octanol–water partition coefficient (Wildman–Crippen LogP) is 3.14. The Hall–Kier alpha value is -2.29. The van der Waals surface area contributed by atoms with Gasteiger partial charge in [0.05, 0.1) is 4.90 Å². The van der Waals surface area contributed by atoms with E-state index in [1.807, 2.05) is 12.1 Å². The van der Waals surface area contributed by atoms with Crippen LogP contribution in [0.2, 0.25) is 0 Å². The Morgan fingerprint density at radius 3 is 2.22 bits per heavy atom. The van der Waals surface area contributed by atoms with Crippen LogP contribution < -0.4 is 5.32 Å². The van der Waals surface area contributed by atoms with E-state index in [1.165, 1.54) is 34.8 Å². The van der Waals surface area contributed by atoms with Crippen LogP contribution in [0.3, 0.4) is 0 Å². The number of nitrogens with one attached hydrogen (secondary N) is 1. The third-order valence-corrected chi connectivity index (χ3v) is 8.35. The topological polar surface area (TPSA) is 69.7 Å². The number of amides is 1. The van der Waals surface area contributed by atoms with Crippen LogP contribution in [0.25, 0.3) is 0 Å². The van der Waals surface area contributed by atoms with Crippen LogP contribution >= 0.6 is 0 Å². The molecule has 1 amide bonds. The van der Waals surface area contributed by atoms with Gasteiger partial charge in [-0.05, 0) is 74.2 Å². The Morgan fingerprint density at radius 2 is 1.56 bits per heavy atom. The quantitative estimate of drug-likeness (QED) is 0.691. The number of carbonyl (C=O) groups excluding carboxylic acids is 1. The van der Waals surface area contributed by atoms with Gasteiger partial charge < -0.3 is 5.32 Å². The average Bonchev–Trinajstić information content (AvgIpc) is 3.32. The average molecular weight is 460 g/mol. The summed E-state index contributed by atoms with van der Waals surface area (Å²) in [6, 6.07) is 13.1. The molecule has 2 aliphatic heterocycles. The van der Waals surface area contributed by atoms with Crippen LogP contribution in [0.15, 0.2) is 53.4 Å². The summed E-state index contributed by atoms with van der Waals surface area (Å²) >= 11 is 0. The maximum Gasteiger partial charge on any atom is 0.243 e. The fraction of sp³-hybridized carbons (Fsp3) is 0.458. The van der Waals surface area contributed by atoms with E-state index in [1.54, 1.807) is 0 Å². The molecule has 2 aromatic rings. The van der Waals surface area contributed by atoms with Gasteiger partial charge in [-0.15, -0.1) is 0 Å². The number of rotatable bonds is 7. The highest BCUT2D eigenvalue weighted by Gasteiger charge is 2.32. The molecule has 0 aliphatic carbocycles. The number of benzene rings is 2. The molecule has 2 aliphatic rings. The van der Waals surface area contributed by atoms with Crippen LogP contribution in [-0.2, 0) is 27.9 Å². The molecule has 0 bridgehead atoms. The number of likely N-dealkylation sites (tertiary alicyclic amines) is 1. The molecule has 4 rings (SSSR count). The van der Waals surface area contributed by atoms with Crippen LogP contribution in [0, 0.1) is 11.7 Å². The number of hydrogen-bond acceptors (Lipinski definition) is 4. The van der Waals surface area contributed by atoms with Gasteiger partial charge >= 0.3 is 0 Å². The molecule has 0 radical (unpaired) electrons. The third kappa shape index (κ3) is 5.36. The lowest BCUT2D eigenvalue weighted by Crippen LogP contribution is -2.42. The van der Waals surface area contributed by atoms with E-state index in [0.29, 0.717) is 19.4 Å². The molecule has 6 nitrogen and oxygen atoms in total. The lowest BCUT2D eigenvalue weighted by atomic mass is 9.97. The van der Waals surface area contributed by atoms with E-state index in [4.69, 9.17) is 0 Å². The minimum atomic E-state index is -3.67. The molecule has 8 heteroatoms. The highest BCUT2D eigenvalue weighted by atomic mass is 32.2. The van der Waals surface area contributed by atoms with Gasteiger partial charge in [0.2, 0.25) is 15.9 Å². The monoisotopic (exact) mass is 459 g/mol. The van der Waals surface area contributed by atoms with Gasteiger partial charge in [-0.3, -0.25) is 9.69 Å². The molecule has 2 fully saturated rings. The van der Waals surface area contributed by atoms with E-state index in [2.05, 4.69) is 22.3 Å². The first-order valence-corrected chi connectivity index (χ1v) is 12.7. The Morgan fingerprint density at radius 1 is 0.938 bits per heavy atom. The molecule has 2 heterocycles. The molecule has 32 heavy (non-hydrogen) atoms. The lowest BCUT2D eigenvalue weighted by molar-refractivity contribution is -0.126. The van der Waals surface area contributed by atoms with E-state index in [0.717, 1.165) is 37.3 Å². The highest BCUT2D eigenvalue weighted by Crippen LogP contribution is 2.24. The van der Waals surface area contributed by atoms with Crippen molar-refractivity contribution in [3.8, 4) is 0 Å². The Bertz CT molecular complexity index is 1030. The fourth-order valence-corrected chi connectivity index (χ4v) is 5.98. The van der Waals surface area contributed by atoms with E-state index in [-0.39, 0.29) is 29.8 Å². The molecule has 0 spiro atoms. The Labute approximate surface area is 189 Å². The third-order valence-electron chi connectivity index (χ3n) is 6.44. The number of piperidine rings is 1. The summed E-state index contributed by atoms with van der Waals surface area (Å²) in [5, 5.41) is 3.06. The molecular formula is C24H30FN3O3S. The maximum atomic E-state index is 13.1. The Balaban J connectivity index is 1.30.